The molecule has 160 valence electrons. The lowest BCUT2D eigenvalue weighted by Crippen LogP contribution is -2.57. The van der Waals surface area contributed by atoms with Gasteiger partial charge in [0.1, 0.15) is 5.41 Å². The fourth-order valence-corrected chi connectivity index (χ4v) is 4.17. The summed E-state index contributed by atoms with van der Waals surface area (Å²) in [7, 11) is 3.81. The maximum absolute atomic E-state index is 13.1. The van der Waals surface area contributed by atoms with Gasteiger partial charge in [0.05, 0.1) is 6.10 Å². The fraction of sp³-hybridized carbons (Fsp3) is 0.417. The van der Waals surface area contributed by atoms with Crippen LogP contribution in [-0.2, 0) is 11.2 Å². The molecule has 2 atom stereocenters. The normalized spacial score (nSPS) is 21.3. The van der Waals surface area contributed by atoms with E-state index in [4.69, 9.17) is 0 Å². The third-order valence-electron chi connectivity index (χ3n) is 6.04. The Kier molecular flexibility index (Phi) is 6.77. The van der Waals surface area contributed by atoms with E-state index in [9.17, 15) is 19.8 Å². The van der Waals surface area contributed by atoms with Gasteiger partial charge < -0.3 is 20.0 Å². The van der Waals surface area contributed by atoms with Crippen molar-refractivity contribution < 1.29 is 19.8 Å². The minimum atomic E-state index is -1.35. The minimum Gasteiger partial charge on any atom is -0.481 e. The second kappa shape index (κ2) is 9.30. The van der Waals surface area contributed by atoms with E-state index in [1.165, 1.54) is 0 Å². The Hall–Kier alpha value is -2.86. The molecule has 0 bridgehead atoms. The Labute approximate surface area is 177 Å². The predicted octanol–water partition coefficient (Wildman–Crippen LogP) is 3.05. The molecule has 0 spiro atoms. The highest BCUT2D eigenvalue weighted by Crippen LogP contribution is 2.36. The maximum atomic E-state index is 13.1. The van der Waals surface area contributed by atoms with Crippen LogP contribution in [-0.4, -0.2) is 60.3 Å². The van der Waals surface area contributed by atoms with E-state index >= 15 is 0 Å². The SMILES string of the molecule is CN(C)c1cccc(C(=O)N2CC[C@@H](O)[C@](CCCc3ccccc3)(C(=O)O)C2)c1. The van der Waals surface area contributed by atoms with Gasteiger partial charge in [-0.15, -0.1) is 0 Å². The Bertz CT molecular complexity index is 884. The number of aryl methyl sites for hydroxylation is 1. The van der Waals surface area contributed by atoms with Crippen LogP contribution >= 0.6 is 0 Å². The molecule has 0 radical (unpaired) electrons. The number of carboxylic acid groups (broad SMARTS) is 1. The monoisotopic (exact) mass is 410 g/mol. The molecule has 2 aromatic carbocycles. The van der Waals surface area contributed by atoms with Gasteiger partial charge >= 0.3 is 5.97 Å². The molecular weight excluding hydrogens is 380 g/mol. The number of carboxylic acids is 1. The number of likely N-dealkylation sites (tertiary alicyclic amines) is 1. The van der Waals surface area contributed by atoms with Crippen LogP contribution in [0.5, 0.6) is 0 Å². The molecular formula is C24H30N2O4. The van der Waals surface area contributed by atoms with Gasteiger partial charge in [-0.3, -0.25) is 9.59 Å². The van der Waals surface area contributed by atoms with Gasteiger partial charge in [-0.2, -0.15) is 0 Å². The van der Waals surface area contributed by atoms with Crippen LogP contribution in [0.1, 0.15) is 35.2 Å². The fourth-order valence-electron chi connectivity index (χ4n) is 4.17. The van der Waals surface area contributed by atoms with Crippen molar-refractivity contribution in [1.29, 1.82) is 0 Å². The van der Waals surface area contributed by atoms with Crippen molar-refractivity contribution in [2.24, 2.45) is 5.41 Å². The number of anilines is 1. The number of aliphatic carboxylic acids is 1. The summed E-state index contributed by atoms with van der Waals surface area (Å²) in [5.41, 5.74) is 1.23. The highest BCUT2D eigenvalue weighted by atomic mass is 16.4. The van der Waals surface area contributed by atoms with Gasteiger partial charge in [-0.1, -0.05) is 36.4 Å². The van der Waals surface area contributed by atoms with E-state index in [-0.39, 0.29) is 18.9 Å². The highest BCUT2D eigenvalue weighted by Gasteiger charge is 2.49. The van der Waals surface area contributed by atoms with Crippen molar-refractivity contribution in [2.75, 3.05) is 32.1 Å². The third-order valence-corrected chi connectivity index (χ3v) is 6.04. The molecule has 2 N–H and O–H groups in total. The summed E-state index contributed by atoms with van der Waals surface area (Å²) in [5.74, 6) is -1.23. The molecule has 2 aromatic rings. The summed E-state index contributed by atoms with van der Waals surface area (Å²) >= 11 is 0. The van der Waals surface area contributed by atoms with Crippen molar-refractivity contribution in [3.63, 3.8) is 0 Å². The Morgan fingerprint density at radius 1 is 1.13 bits per heavy atom. The lowest BCUT2D eigenvalue weighted by atomic mass is 9.73. The van der Waals surface area contributed by atoms with Gasteiger partial charge in [-0.05, 0) is 49.4 Å². The van der Waals surface area contributed by atoms with Gasteiger partial charge in [0.2, 0.25) is 0 Å². The van der Waals surface area contributed by atoms with E-state index in [2.05, 4.69) is 0 Å². The van der Waals surface area contributed by atoms with E-state index in [1.807, 2.05) is 67.5 Å². The molecule has 1 aliphatic heterocycles. The summed E-state index contributed by atoms with van der Waals surface area (Å²) in [5, 5.41) is 20.7. The molecule has 6 heteroatoms. The number of benzene rings is 2. The van der Waals surface area contributed by atoms with Gasteiger partial charge in [-0.25, -0.2) is 0 Å². The number of piperidine rings is 1. The highest BCUT2D eigenvalue weighted by molar-refractivity contribution is 5.95. The molecule has 1 fully saturated rings. The van der Waals surface area contributed by atoms with Crippen LogP contribution in [0.15, 0.2) is 54.6 Å². The quantitative estimate of drug-likeness (QED) is 0.733. The zero-order chi connectivity index (χ0) is 21.7. The molecule has 1 heterocycles. The molecule has 30 heavy (non-hydrogen) atoms. The average molecular weight is 411 g/mol. The Balaban J connectivity index is 1.76. The molecule has 6 nitrogen and oxygen atoms in total. The van der Waals surface area contributed by atoms with Crippen LogP contribution in [0.2, 0.25) is 0 Å². The van der Waals surface area contributed by atoms with Crippen LogP contribution < -0.4 is 4.90 Å². The smallest absolute Gasteiger partial charge is 0.314 e. The molecule has 1 saturated heterocycles. The first-order valence-electron chi connectivity index (χ1n) is 10.4. The number of aliphatic hydroxyl groups is 1. The molecule has 0 aliphatic carbocycles. The molecule has 3 rings (SSSR count). The number of carbonyl (C=O) groups is 2. The molecule has 0 saturated carbocycles. The zero-order valence-electron chi connectivity index (χ0n) is 17.6. The molecule has 1 aliphatic rings. The molecule has 0 unspecified atom stereocenters. The molecule has 0 aromatic heterocycles. The first-order valence-corrected chi connectivity index (χ1v) is 10.4. The van der Waals surface area contributed by atoms with Crippen molar-refractivity contribution in [2.45, 2.75) is 31.8 Å². The second-order valence-electron chi connectivity index (χ2n) is 8.28. The van der Waals surface area contributed by atoms with Crippen molar-refractivity contribution in [1.82, 2.24) is 4.90 Å². The van der Waals surface area contributed by atoms with Crippen LogP contribution in [0.3, 0.4) is 0 Å². The van der Waals surface area contributed by atoms with E-state index < -0.39 is 17.5 Å². The van der Waals surface area contributed by atoms with E-state index in [0.29, 0.717) is 24.9 Å². The number of amides is 1. The number of rotatable bonds is 7. The average Bonchev–Trinajstić information content (AvgIpc) is 2.75. The van der Waals surface area contributed by atoms with Crippen molar-refractivity contribution >= 4 is 17.6 Å². The van der Waals surface area contributed by atoms with Gasteiger partial charge in [0, 0.05) is 38.4 Å². The van der Waals surface area contributed by atoms with Crippen molar-refractivity contribution in [3.8, 4) is 0 Å². The number of hydrogen-bond donors (Lipinski definition) is 2. The summed E-state index contributed by atoms with van der Waals surface area (Å²) in [4.78, 5) is 28.9. The van der Waals surface area contributed by atoms with E-state index in [1.54, 1.807) is 11.0 Å². The Morgan fingerprint density at radius 3 is 2.53 bits per heavy atom. The lowest BCUT2D eigenvalue weighted by Gasteiger charge is -2.43. The number of hydrogen-bond acceptors (Lipinski definition) is 4. The number of nitrogens with zero attached hydrogens (tertiary/aromatic N) is 2. The van der Waals surface area contributed by atoms with E-state index in [0.717, 1.165) is 17.7 Å². The van der Waals surface area contributed by atoms with Gasteiger partial charge in [0.25, 0.3) is 5.91 Å². The standard InChI is InChI=1S/C24H30N2O4/c1-25(2)20-12-6-11-19(16-20)22(28)26-15-13-21(27)24(17-26,23(29)30)14-7-10-18-8-4-3-5-9-18/h3-6,8-9,11-12,16,21,27H,7,10,13-15,17H2,1-2H3,(H,29,30)/t21-,24-/m1/s1. The summed E-state index contributed by atoms with van der Waals surface area (Å²) in [6.07, 6.45) is 0.979. The first kappa shape index (κ1) is 21.8. The van der Waals surface area contributed by atoms with Crippen LogP contribution in [0.25, 0.3) is 0 Å². The summed E-state index contributed by atoms with van der Waals surface area (Å²) in [6, 6.07) is 17.2. The number of carbonyl (C=O) groups excluding carboxylic acids is 1. The third kappa shape index (κ3) is 4.65. The predicted molar refractivity (Wildman–Crippen MR) is 117 cm³/mol. The van der Waals surface area contributed by atoms with Crippen molar-refractivity contribution in [3.05, 3.63) is 65.7 Å². The van der Waals surface area contributed by atoms with Gasteiger partial charge in [0.15, 0.2) is 0 Å². The second-order valence-corrected chi connectivity index (χ2v) is 8.28. The molecule has 1 amide bonds. The Morgan fingerprint density at radius 2 is 1.87 bits per heavy atom. The maximum Gasteiger partial charge on any atom is 0.314 e. The summed E-state index contributed by atoms with van der Waals surface area (Å²) < 4.78 is 0. The zero-order valence-corrected chi connectivity index (χ0v) is 17.6. The first-order chi connectivity index (χ1) is 14.3. The largest absolute Gasteiger partial charge is 0.481 e. The lowest BCUT2D eigenvalue weighted by molar-refractivity contribution is -0.162. The minimum absolute atomic E-state index is 0.0172. The summed E-state index contributed by atoms with van der Waals surface area (Å²) in [6.45, 7) is 0.364. The van der Waals surface area contributed by atoms with Crippen LogP contribution in [0.4, 0.5) is 5.69 Å². The number of aliphatic hydroxyl groups excluding tert-OH is 1. The van der Waals surface area contributed by atoms with Crippen LogP contribution in [0, 0.1) is 5.41 Å². The topological polar surface area (TPSA) is 81.1 Å².